The Balaban J connectivity index is 1.82. The maximum atomic E-state index is 11.6. The molecular formula is C15H19NO2S. The molecule has 102 valence electrons. The van der Waals surface area contributed by atoms with E-state index in [0.717, 1.165) is 19.3 Å². The normalized spacial score (nSPS) is 34.4. The highest BCUT2D eigenvalue weighted by Gasteiger charge is 2.49. The Kier molecular flexibility index (Phi) is 3.54. The second kappa shape index (κ2) is 5.17. The lowest BCUT2D eigenvalue weighted by Crippen LogP contribution is -2.50. The van der Waals surface area contributed by atoms with Crippen LogP contribution in [-0.2, 0) is 4.79 Å². The van der Waals surface area contributed by atoms with Gasteiger partial charge in [-0.2, -0.15) is 0 Å². The van der Waals surface area contributed by atoms with Gasteiger partial charge in [-0.25, -0.2) is 0 Å². The molecule has 0 radical (unpaired) electrons. The van der Waals surface area contributed by atoms with Gasteiger partial charge in [0.25, 0.3) is 0 Å². The number of hydrogen-bond donors (Lipinski definition) is 1. The van der Waals surface area contributed by atoms with E-state index in [1.54, 1.807) is 11.8 Å². The van der Waals surface area contributed by atoms with E-state index < -0.39 is 5.97 Å². The Morgan fingerprint density at radius 3 is 2.74 bits per heavy atom. The molecule has 0 aromatic heterocycles. The zero-order valence-electron chi connectivity index (χ0n) is 11.0. The van der Waals surface area contributed by atoms with E-state index in [2.05, 4.69) is 24.1 Å². The van der Waals surface area contributed by atoms with Crippen molar-refractivity contribution in [2.75, 3.05) is 7.05 Å². The van der Waals surface area contributed by atoms with Crippen LogP contribution in [0, 0.1) is 5.92 Å². The first kappa shape index (κ1) is 13.0. The number of aliphatic carboxylic acids is 1. The van der Waals surface area contributed by atoms with Crippen LogP contribution in [0.25, 0.3) is 0 Å². The molecule has 2 heterocycles. The van der Waals surface area contributed by atoms with Crippen molar-refractivity contribution >= 4 is 17.7 Å². The van der Waals surface area contributed by atoms with Gasteiger partial charge < -0.3 is 5.11 Å². The maximum absolute atomic E-state index is 11.6. The fraction of sp³-hybridized carbons (Fsp3) is 0.533. The molecule has 4 atom stereocenters. The van der Waals surface area contributed by atoms with Crippen LogP contribution in [0.2, 0.25) is 0 Å². The number of fused-ring (bicyclic) bond motifs is 2. The van der Waals surface area contributed by atoms with Crippen molar-refractivity contribution in [1.82, 2.24) is 4.90 Å². The molecular weight excluding hydrogens is 258 g/mol. The lowest BCUT2D eigenvalue weighted by molar-refractivity contribution is -0.145. The maximum Gasteiger partial charge on any atom is 0.309 e. The highest BCUT2D eigenvalue weighted by Crippen LogP contribution is 2.44. The minimum atomic E-state index is -0.634. The van der Waals surface area contributed by atoms with E-state index in [-0.39, 0.29) is 17.2 Å². The van der Waals surface area contributed by atoms with Crippen LogP contribution >= 0.6 is 11.8 Å². The summed E-state index contributed by atoms with van der Waals surface area (Å²) in [5.41, 5.74) is 0. The zero-order chi connectivity index (χ0) is 13.4. The van der Waals surface area contributed by atoms with Crippen molar-refractivity contribution in [1.29, 1.82) is 0 Å². The first-order chi connectivity index (χ1) is 9.16. The minimum absolute atomic E-state index is 0.202. The summed E-state index contributed by atoms with van der Waals surface area (Å²) in [7, 11) is 2.08. The van der Waals surface area contributed by atoms with Crippen molar-refractivity contribution in [3.8, 4) is 0 Å². The molecule has 3 rings (SSSR count). The fourth-order valence-corrected chi connectivity index (χ4v) is 4.97. The van der Waals surface area contributed by atoms with Gasteiger partial charge in [-0.3, -0.25) is 9.69 Å². The number of benzene rings is 1. The molecule has 0 aliphatic carbocycles. The molecule has 1 aromatic carbocycles. The summed E-state index contributed by atoms with van der Waals surface area (Å²) >= 11 is 1.74. The topological polar surface area (TPSA) is 40.5 Å². The van der Waals surface area contributed by atoms with E-state index in [9.17, 15) is 9.90 Å². The molecule has 1 aromatic rings. The van der Waals surface area contributed by atoms with Gasteiger partial charge >= 0.3 is 5.97 Å². The molecule has 2 bridgehead atoms. The average Bonchev–Trinajstić information content (AvgIpc) is 2.63. The van der Waals surface area contributed by atoms with Crippen molar-refractivity contribution in [2.24, 2.45) is 5.92 Å². The van der Waals surface area contributed by atoms with Crippen molar-refractivity contribution in [2.45, 2.75) is 41.5 Å². The quantitative estimate of drug-likeness (QED) is 0.922. The number of thioether (sulfide) groups is 1. The van der Waals surface area contributed by atoms with Crippen LogP contribution in [0.5, 0.6) is 0 Å². The number of nitrogens with zero attached hydrogens (tertiary/aromatic N) is 1. The van der Waals surface area contributed by atoms with Crippen LogP contribution < -0.4 is 0 Å². The Labute approximate surface area is 118 Å². The monoisotopic (exact) mass is 277 g/mol. The Bertz CT molecular complexity index is 464. The number of carboxylic acids is 1. The first-order valence-electron chi connectivity index (χ1n) is 6.83. The van der Waals surface area contributed by atoms with Crippen LogP contribution in [0.4, 0.5) is 0 Å². The molecule has 2 fully saturated rings. The summed E-state index contributed by atoms with van der Waals surface area (Å²) in [5, 5.41) is 9.79. The molecule has 0 amide bonds. The molecule has 1 N–H and O–H groups in total. The molecule has 2 saturated heterocycles. The van der Waals surface area contributed by atoms with Crippen LogP contribution in [-0.4, -0.2) is 40.4 Å². The first-order valence-corrected chi connectivity index (χ1v) is 7.71. The second-order valence-electron chi connectivity index (χ2n) is 5.53. The molecule has 4 heteroatoms. The molecule has 3 nitrogen and oxygen atoms in total. The van der Waals surface area contributed by atoms with E-state index >= 15 is 0 Å². The summed E-state index contributed by atoms with van der Waals surface area (Å²) < 4.78 is 0. The number of carboxylic acid groups (broad SMARTS) is 1. The standard InChI is InChI=1S/C15H19NO2S/c1-16-10-7-8-12(16)14(15(17)18)13(9-10)19-11-5-3-2-4-6-11/h2-6,10,12-14H,7-9H2,1H3,(H,17,18)/t10-,12+,13+,14+/m0/s1. The smallest absolute Gasteiger partial charge is 0.309 e. The lowest BCUT2D eigenvalue weighted by Gasteiger charge is -2.40. The van der Waals surface area contributed by atoms with E-state index in [1.807, 2.05) is 18.2 Å². The summed E-state index contributed by atoms with van der Waals surface area (Å²) in [6.07, 6.45) is 3.17. The van der Waals surface area contributed by atoms with Crippen molar-refractivity contribution in [3.63, 3.8) is 0 Å². The summed E-state index contributed by atoms with van der Waals surface area (Å²) in [6, 6.07) is 11.0. The predicted molar refractivity (Wildman–Crippen MR) is 76.4 cm³/mol. The van der Waals surface area contributed by atoms with Gasteiger partial charge in [0.1, 0.15) is 0 Å². The number of carbonyl (C=O) groups is 1. The fourth-order valence-electron chi connectivity index (χ4n) is 3.54. The van der Waals surface area contributed by atoms with Crippen LogP contribution in [0.1, 0.15) is 19.3 Å². The summed E-state index contributed by atoms with van der Waals surface area (Å²) in [4.78, 5) is 15.1. The Hall–Kier alpha value is -1.00. The molecule has 0 unspecified atom stereocenters. The Morgan fingerprint density at radius 2 is 2.05 bits per heavy atom. The third kappa shape index (κ3) is 2.39. The van der Waals surface area contributed by atoms with Gasteiger partial charge in [0.15, 0.2) is 0 Å². The predicted octanol–water partition coefficient (Wildman–Crippen LogP) is 2.71. The van der Waals surface area contributed by atoms with E-state index in [4.69, 9.17) is 0 Å². The number of rotatable bonds is 3. The van der Waals surface area contributed by atoms with Gasteiger partial charge in [0.2, 0.25) is 0 Å². The van der Waals surface area contributed by atoms with Gasteiger partial charge in [0.05, 0.1) is 5.92 Å². The van der Waals surface area contributed by atoms with Crippen LogP contribution in [0.15, 0.2) is 35.2 Å². The van der Waals surface area contributed by atoms with E-state index in [1.165, 1.54) is 4.90 Å². The van der Waals surface area contributed by atoms with Gasteiger partial charge in [-0.05, 0) is 38.4 Å². The number of hydrogen-bond acceptors (Lipinski definition) is 3. The minimum Gasteiger partial charge on any atom is -0.481 e. The van der Waals surface area contributed by atoms with Crippen LogP contribution in [0.3, 0.4) is 0 Å². The van der Waals surface area contributed by atoms with E-state index in [0.29, 0.717) is 6.04 Å². The molecule has 2 aliphatic heterocycles. The molecule has 19 heavy (non-hydrogen) atoms. The average molecular weight is 277 g/mol. The summed E-state index contributed by atoms with van der Waals surface area (Å²) in [5.74, 6) is -0.875. The number of piperidine rings is 1. The SMILES string of the molecule is CN1[C@H]2CC[C@@H]1[C@@H](C(=O)O)[C@H](Sc1ccccc1)C2. The zero-order valence-corrected chi connectivity index (χ0v) is 11.8. The molecule has 0 saturated carbocycles. The molecule has 0 spiro atoms. The third-order valence-electron chi connectivity index (χ3n) is 4.53. The van der Waals surface area contributed by atoms with Crippen molar-refractivity contribution < 1.29 is 9.90 Å². The second-order valence-corrected chi connectivity index (χ2v) is 6.85. The molecule has 2 aliphatic rings. The summed E-state index contributed by atoms with van der Waals surface area (Å²) in [6.45, 7) is 0. The Morgan fingerprint density at radius 1 is 1.32 bits per heavy atom. The largest absolute Gasteiger partial charge is 0.481 e. The lowest BCUT2D eigenvalue weighted by atomic mass is 9.90. The highest BCUT2D eigenvalue weighted by atomic mass is 32.2. The van der Waals surface area contributed by atoms with Gasteiger partial charge in [0, 0.05) is 22.2 Å². The van der Waals surface area contributed by atoms with Gasteiger partial charge in [-0.15, -0.1) is 11.8 Å². The van der Waals surface area contributed by atoms with Crippen molar-refractivity contribution in [3.05, 3.63) is 30.3 Å². The third-order valence-corrected chi connectivity index (χ3v) is 5.86. The highest BCUT2D eigenvalue weighted by molar-refractivity contribution is 8.00. The van der Waals surface area contributed by atoms with Gasteiger partial charge in [-0.1, -0.05) is 18.2 Å².